The molecule has 0 saturated heterocycles. The van der Waals surface area contributed by atoms with Gasteiger partial charge in [0.15, 0.2) is 5.96 Å². The zero-order valence-corrected chi connectivity index (χ0v) is 15.6. The van der Waals surface area contributed by atoms with Gasteiger partial charge in [0.2, 0.25) is 5.91 Å². The lowest BCUT2D eigenvalue weighted by molar-refractivity contribution is -0.274. The van der Waals surface area contributed by atoms with Gasteiger partial charge in [-0.2, -0.15) is 0 Å². The first-order valence-electron chi connectivity index (χ1n) is 8.71. The molecule has 0 aliphatic carbocycles. The number of ether oxygens (including phenoxy) is 1. The number of benzene rings is 2. The zero-order chi connectivity index (χ0) is 21.3. The third-order valence-electron chi connectivity index (χ3n) is 3.52. The number of alkyl halides is 3. The normalized spacial score (nSPS) is 11.7. The average Bonchev–Trinajstić information content (AvgIpc) is 2.66. The summed E-state index contributed by atoms with van der Waals surface area (Å²) in [5.41, 5.74) is 0.755. The average molecular weight is 410 g/mol. The molecule has 1 amide bonds. The molecule has 156 valence electrons. The molecule has 0 saturated carbocycles. The summed E-state index contributed by atoms with van der Waals surface area (Å²) in [6.45, 7) is 2.11. The van der Waals surface area contributed by atoms with E-state index in [2.05, 4.69) is 25.7 Å². The maximum atomic E-state index is 12.5. The second kappa shape index (κ2) is 10.2. The van der Waals surface area contributed by atoms with E-state index in [0.717, 1.165) is 0 Å². The molecule has 29 heavy (non-hydrogen) atoms. The van der Waals surface area contributed by atoms with E-state index in [9.17, 15) is 23.1 Å². The maximum absolute atomic E-state index is 12.5. The first-order chi connectivity index (χ1) is 13.8. The fraction of sp³-hybridized carbons (Fsp3) is 0.263. The number of para-hydroxylation sites is 1. The fourth-order valence-corrected chi connectivity index (χ4v) is 2.28. The molecular weight excluding hydrogens is 389 g/mol. The number of nitrogens with one attached hydrogen (secondary N) is 3. The van der Waals surface area contributed by atoms with Crippen molar-refractivity contribution in [2.75, 3.05) is 18.4 Å². The van der Waals surface area contributed by atoms with Gasteiger partial charge in [0.05, 0.1) is 13.1 Å². The van der Waals surface area contributed by atoms with E-state index in [1.54, 1.807) is 18.2 Å². The van der Waals surface area contributed by atoms with Crippen LogP contribution in [0.2, 0.25) is 0 Å². The van der Waals surface area contributed by atoms with E-state index >= 15 is 0 Å². The SMILES string of the molecule is CCNC(=NCc1ccccc1OC(F)(F)F)NCC(=O)Nc1ccc(O)cc1. The highest BCUT2D eigenvalue weighted by Crippen LogP contribution is 2.26. The molecule has 2 aromatic rings. The van der Waals surface area contributed by atoms with E-state index in [0.29, 0.717) is 12.2 Å². The molecule has 10 heteroatoms. The van der Waals surface area contributed by atoms with E-state index in [4.69, 9.17) is 0 Å². The number of hydrogen-bond acceptors (Lipinski definition) is 4. The number of halogens is 3. The van der Waals surface area contributed by atoms with E-state index in [1.165, 1.54) is 30.3 Å². The Morgan fingerprint density at radius 3 is 2.45 bits per heavy atom. The first-order valence-corrected chi connectivity index (χ1v) is 8.71. The van der Waals surface area contributed by atoms with Crippen LogP contribution in [-0.4, -0.2) is 36.4 Å². The van der Waals surface area contributed by atoms with Crippen molar-refractivity contribution < 1.29 is 27.8 Å². The first kappa shape index (κ1) is 21.9. The van der Waals surface area contributed by atoms with Gasteiger partial charge in [-0.05, 0) is 37.3 Å². The molecular formula is C19H21F3N4O3. The second-order valence-corrected chi connectivity index (χ2v) is 5.80. The summed E-state index contributed by atoms with van der Waals surface area (Å²) in [4.78, 5) is 16.2. The van der Waals surface area contributed by atoms with Crippen LogP contribution < -0.4 is 20.7 Å². The van der Waals surface area contributed by atoms with Crippen LogP contribution in [0, 0.1) is 0 Å². The van der Waals surface area contributed by atoms with Crippen molar-refractivity contribution in [2.24, 2.45) is 4.99 Å². The molecule has 0 unspecified atom stereocenters. The van der Waals surface area contributed by atoms with Crippen molar-refractivity contribution in [2.45, 2.75) is 19.8 Å². The van der Waals surface area contributed by atoms with Gasteiger partial charge < -0.3 is 25.8 Å². The zero-order valence-electron chi connectivity index (χ0n) is 15.6. The van der Waals surface area contributed by atoms with Crippen LogP contribution in [0.4, 0.5) is 18.9 Å². The number of amides is 1. The molecule has 2 rings (SSSR count). The quantitative estimate of drug-likeness (QED) is 0.320. The van der Waals surface area contributed by atoms with Gasteiger partial charge in [-0.3, -0.25) is 4.79 Å². The molecule has 7 nitrogen and oxygen atoms in total. The number of carbonyl (C=O) groups is 1. The number of rotatable bonds is 7. The Hall–Kier alpha value is -3.43. The minimum absolute atomic E-state index is 0.0810. The fourth-order valence-electron chi connectivity index (χ4n) is 2.28. The summed E-state index contributed by atoms with van der Waals surface area (Å²) >= 11 is 0. The van der Waals surface area contributed by atoms with Crippen molar-refractivity contribution in [1.82, 2.24) is 10.6 Å². The number of aromatic hydroxyl groups is 1. The van der Waals surface area contributed by atoms with Crippen molar-refractivity contribution in [3.63, 3.8) is 0 Å². The Bertz CT molecular complexity index is 839. The molecule has 2 aromatic carbocycles. The number of nitrogens with zero attached hydrogens (tertiary/aromatic N) is 1. The van der Waals surface area contributed by atoms with Gasteiger partial charge in [-0.15, -0.1) is 13.2 Å². The topological polar surface area (TPSA) is 95.0 Å². The third-order valence-corrected chi connectivity index (χ3v) is 3.52. The van der Waals surface area contributed by atoms with Crippen LogP contribution >= 0.6 is 0 Å². The Kier molecular flexibility index (Phi) is 7.70. The highest BCUT2D eigenvalue weighted by molar-refractivity contribution is 5.95. The molecule has 0 aliphatic heterocycles. The molecule has 0 aliphatic rings. The van der Waals surface area contributed by atoms with E-state index < -0.39 is 6.36 Å². The summed E-state index contributed by atoms with van der Waals surface area (Å²) in [7, 11) is 0. The molecule has 0 heterocycles. The lowest BCUT2D eigenvalue weighted by Gasteiger charge is -2.14. The van der Waals surface area contributed by atoms with E-state index in [-0.39, 0.29) is 42.0 Å². The number of phenolic OH excluding ortho intramolecular Hbond substituents is 1. The number of anilines is 1. The van der Waals surface area contributed by atoms with Crippen LogP contribution in [0.15, 0.2) is 53.5 Å². The van der Waals surface area contributed by atoms with Gasteiger partial charge in [-0.1, -0.05) is 18.2 Å². The van der Waals surface area contributed by atoms with Gasteiger partial charge in [0, 0.05) is 17.8 Å². The minimum atomic E-state index is -4.80. The Morgan fingerprint density at radius 2 is 1.79 bits per heavy atom. The second-order valence-electron chi connectivity index (χ2n) is 5.80. The number of hydrogen-bond donors (Lipinski definition) is 4. The van der Waals surface area contributed by atoms with E-state index in [1.807, 2.05) is 6.92 Å². The summed E-state index contributed by atoms with van der Waals surface area (Å²) < 4.78 is 41.5. The highest BCUT2D eigenvalue weighted by atomic mass is 19.4. The molecule has 0 atom stereocenters. The smallest absolute Gasteiger partial charge is 0.508 e. The Labute approximate surface area is 165 Å². The van der Waals surface area contributed by atoms with Crippen molar-refractivity contribution in [1.29, 1.82) is 0 Å². The maximum Gasteiger partial charge on any atom is 0.573 e. The summed E-state index contributed by atoms with van der Waals surface area (Å²) in [5, 5.41) is 17.6. The summed E-state index contributed by atoms with van der Waals surface area (Å²) in [6.07, 6.45) is -4.80. The third kappa shape index (κ3) is 7.99. The summed E-state index contributed by atoms with van der Waals surface area (Å²) in [5.74, 6) is -0.348. The van der Waals surface area contributed by atoms with Crippen molar-refractivity contribution >= 4 is 17.6 Å². The van der Waals surface area contributed by atoms with Crippen LogP contribution in [0.1, 0.15) is 12.5 Å². The lowest BCUT2D eigenvalue weighted by Crippen LogP contribution is -2.41. The van der Waals surface area contributed by atoms with Gasteiger partial charge in [0.25, 0.3) is 0 Å². The predicted octanol–water partition coefficient (Wildman–Crippen LogP) is 2.98. The number of aliphatic imine (C=N–C) groups is 1. The van der Waals surface area contributed by atoms with Crippen molar-refractivity contribution in [3.05, 3.63) is 54.1 Å². The Balaban J connectivity index is 1.97. The van der Waals surface area contributed by atoms with Gasteiger partial charge in [0.1, 0.15) is 11.5 Å². The van der Waals surface area contributed by atoms with Crippen LogP contribution in [-0.2, 0) is 11.3 Å². The summed E-state index contributed by atoms with van der Waals surface area (Å²) in [6, 6.07) is 11.7. The molecule has 0 spiro atoms. The number of carbonyl (C=O) groups excluding carboxylic acids is 1. The number of guanidine groups is 1. The van der Waals surface area contributed by atoms with Crippen LogP contribution in [0.5, 0.6) is 11.5 Å². The largest absolute Gasteiger partial charge is 0.573 e. The predicted molar refractivity (Wildman–Crippen MR) is 103 cm³/mol. The highest BCUT2D eigenvalue weighted by Gasteiger charge is 2.31. The Morgan fingerprint density at radius 1 is 1.10 bits per heavy atom. The van der Waals surface area contributed by atoms with Crippen LogP contribution in [0.3, 0.4) is 0 Å². The molecule has 0 fully saturated rings. The van der Waals surface area contributed by atoms with Crippen LogP contribution in [0.25, 0.3) is 0 Å². The van der Waals surface area contributed by atoms with Gasteiger partial charge in [-0.25, -0.2) is 4.99 Å². The minimum Gasteiger partial charge on any atom is -0.508 e. The monoisotopic (exact) mass is 410 g/mol. The standard InChI is InChI=1S/C19H21F3N4O3/c1-2-23-18(25-12-17(28)26-14-7-9-15(27)10-8-14)24-11-13-5-3-4-6-16(13)29-19(20,21)22/h3-10,27H,2,11-12H2,1H3,(H,26,28)(H2,23,24,25). The lowest BCUT2D eigenvalue weighted by atomic mass is 10.2. The molecule has 0 bridgehead atoms. The molecule has 0 radical (unpaired) electrons. The number of phenols is 1. The molecule has 0 aromatic heterocycles. The van der Waals surface area contributed by atoms with Gasteiger partial charge >= 0.3 is 6.36 Å². The molecule has 4 N–H and O–H groups in total. The van der Waals surface area contributed by atoms with Crippen molar-refractivity contribution in [3.8, 4) is 11.5 Å².